The lowest BCUT2D eigenvalue weighted by Crippen LogP contribution is -2.13. The highest BCUT2D eigenvalue weighted by Crippen LogP contribution is 2.25. The summed E-state index contributed by atoms with van der Waals surface area (Å²) < 4.78 is 18.9. The van der Waals surface area contributed by atoms with E-state index in [2.05, 4.69) is 21.2 Å². The second-order valence-electron chi connectivity index (χ2n) is 4.52. The Balaban J connectivity index is 2.28. The summed E-state index contributed by atoms with van der Waals surface area (Å²) in [5.74, 6) is -0.449. The fourth-order valence-electron chi connectivity index (χ4n) is 1.85. The van der Waals surface area contributed by atoms with Gasteiger partial charge < -0.3 is 10.1 Å². The molecule has 1 N–H and O–H groups in total. The monoisotopic (exact) mass is 374 g/mol. The van der Waals surface area contributed by atoms with E-state index in [-0.39, 0.29) is 5.57 Å². The van der Waals surface area contributed by atoms with Crippen LogP contribution in [0.1, 0.15) is 5.56 Å². The molecule has 0 heterocycles. The molecule has 0 spiro atoms. The molecule has 0 saturated carbocycles. The number of carbonyl (C=O) groups excluding carboxylic acids is 1. The predicted octanol–water partition coefficient (Wildman–Crippen LogP) is 4.14. The maximum Gasteiger partial charge on any atom is 0.266 e. The minimum Gasteiger partial charge on any atom is -0.496 e. The maximum absolute atomic E-state index is 12.9. The van der Waals surface area contributed by atoms with Crippen molar-refractivity contribution in [1.82, 2.24) is 0 Å². The van der Waals surface area contributed by atoms with Gasteiger partial charge in [-0.3, -0.25) is 4.79 Å². The third kappa shape index (κ3) is 4.41. The van der Waals surface area contributed by atoms with Crippen LogP contribution in [0.15, 0.2) is 52.5 Å². The quantitative estimate of drug-likeness (QED) is 0.645. The maximum atomic E-state index is 12.9. The minimum absolute atomic E-state index is 0.0919. The molecule has 2 aromatic carbocycles. The summed E-state index contributed by atoms with van der Waals surface area (Å²) in [6.07, 6.45) is 1.43. The van der Waals surface area contributed by atoms with Gasteiger partial charge in [0.05, 0.1) is 7.11 Å². The van der Waals surface area contributed by atoms with Crippen LogP contribution in [0.4, 0.5) is 10.1 Å². The molecule has 0 atom stereocenters. The molecule has 116 valence electrons. The topological polar surface area (TPSA) is 62.1 Å². The zero-order valence-corrected chi connectivity index (χ0v) is 13.7. The number of nitrogens with one attached hydrogen (secondary N) is 1. The van der Waals surface area contributed by atoms with Crippen molar-refractivity contribution in [2.24, 2.45) is 0 Å². The molecule has 23 heavy (non-hydrogen) atoms. The van der Waals surface area contributed by atoms with Crippen molar-refractivity contribution in [2.45, 2.75) is 0 Å². The van der Waals surface area contributed by atoms with Crippen LogP contribution in [-0.4, -0.2) is 13.0 Å². The van der Waals surface area contributed by atoms with Crippen molar-refractivity contribution in [3.63, 3.8) is 0 Å². The molecule has 0 bridgehead atoms. The fraction of sp³-hybridized carbons (Fsp3) is 0.0588. The molecular formula is C17H12BrFN2O2. The highest BCUT2D eigenvalue weighted by molar-refractivity contribution is 9.10. The Bertz CT molecular complexity index is 795. The number of halogens is 2. The van der Waals surface area contributed by atoms with E-state index in [1.807, 2.05) is 6.07 Å². The average molecular weight is 375 g/mol. The SMILES string of the molecule is COc1ccc(Br)cc1/C=C(/C#N)C(=O)Nc1ccc(F)cc1. The van der Waals surface area contributed by atoms with Crippen LogP contribution >= 0.6 is 15.9 Å². The van der Waals surface area contributed by atoms with Gasteiger partial charge in [-0.25, -0.2) is 4.39 Å². The second-order valence-corrected chi connectivity index (χ2v) is 5.43. The number of benzene rings is 2. The van der Waals surface area contributed by atoms with Crippen LogP contribution in [0.3, 0.4) is 0 Å². The van der Waals surface area contributed by atoms with Crippen molar-refractivity contribution in [3.8, 4) is 11.8 Å². The lowest BCUT2D eigenvalue weighted by Gasteiger charge is -2.07. The first-order chi connectivity index (χ1) is 11.0. The van der Waals surface area contributed by atoms with E-state index in [0.717, 1.165) is 4.47 Å². The zero-order chi connectivity index (χ0) is 16.8. The smallest absolute Gasteiger partial charge is 0.266 e. The largest absolute Gasteiger partial charge is 0.496 e. The van der Waals surface area contributed by atoms with E-state index in [1.54, 1.807) is 18.2 Å². The van der Waals surface area contributed by atoms with Crippen molar-refractivity contribution < 1.29 is 13.9 Å². The normalized spacial score (nSPS) is 10.8. The summed E-state index contributed by atoms with van der Waals surface area (Å²) in [6.45, 7) is 0. The molecule has 1 amide bonds. The molecule has 2 aromatic rings. The van der Waals surface area contributed by atoms with Gasteiger partial charge in [0.15, 0.2) is 0 Å². The molecule has 0 fully saturated rings. The average Bonchev–Trinajstić information content (AvgIpc) is 2.54. The Morgan fingerprint density at radius 3 is 2.61 bits per heavy atom. The van der Waals surface area contributed by atoms with Crippen LogP contribution in [-0.2, 0) is 4.79 Å². The van der Waals surface area contributed by atoms with E-state index in [1.165, 1.54) is 37.5 Å². The fourth-order valence-corrected chi connectivity index (χ4v) is 2.23. The van der Waals surface area contributed by atoms with E-state index in [4.69, 9.17) is 4.74 Å². The Kier molecular flexibility index (Phi) is 5.50. The van der Waals surface area contributed by atoms with Crippen LogP contribution in [0.5, 0.6) is 5.75 Å². The number of hydrogen-bond acceptors (Lipinski definition) is 3. The number of amides is 1. The Morgan fingerprint density at radius 2 is 2.00 bits per heavy atom. The first-order valence-electron chi connectivity index (χ1n) is 6.55. The Hall–Kier alpha value is -2.65. The number of anilines is 1. The first kappa shape index (κ1) is 16.7. The van der Waals surface area contributed by atoms with Crippen molar-refractivity contribution in [3.05, 3.63) is 63.9 Å². The molecule has 0 aliphatic carbocycles. The van der Waals surface area contributed by atoms with E-state index in [9.17, 15) is 14.4 Å². The van der Waals surface area contributed by atoms with Crippen molar-refractivity contribution >= 4 is 33.6 Å². The molecule has 4 nitrogen and oxygen atoms in total. The summed E-state index contributed by atoms with van der Waals surface area (Å²) in [5, 5.41) is 11.8. The van der Waals surface area contributed by atoms with Crippen LogP contribution in [0, 0.1) is 17.1 Å². The standard InChI is InChI=1S/C17H12BrFN2O2/c1-23-16-7-2-13(18)9-11(16)8-12(10-20)17(22)21-15-5-3-14(19)4-6-15/h2-9H,1H3,(H,21,22)/b12-8-. The van der Waals surface area contributed by atoms with Gasteiger partial charge in [-0.05, 0) is 48.5 Å². The third-order valence-electron chi connectivity index (χ3n) is 2.96. The first-order valence-corrected chi connectivity index (χ1v) is 7.35. The van der Waals surface area contributed by atoms with E-state index < -0.39 is 11.7 Å². The molecule has 0 saturated heterocycles. The summed E-state index contributed by atoms with van der Waals surface area (Å²) in [6, 6.07) is 12.4. The number of hydrogen-bond donors (Lipinski definition) is 1. The zero-order valence-electron chi connectivity index (χ0n) is 12.1. The summed E-state index contributed by atoms with van der Waals surface area (Å²) in [7, 11) is 1.51. The van der Waals surface area contributed by atoms with E-state index >= 15 is 0 Å². The summed E-state index contributed by atoms with van der Waals surface area (Å²) in [4.78, 5) is 12.2. The van der Waals surface area contributed by atoms with Crippen molar-refractivity contribution in [2.75, 3.05) is 12.4 Å². The van der Waals surface area contributed by atoms with Gasteiger partial charge in [0, 0.05) is 15.7 Å². The second kappa shape index (κ2) is 7.56. The van der Waals surface area contributed by atoms with Crippen molar-refractivity contribution in [1.29, 1.82) is 5.26 Å². The molecule has 0 aromatic heterocycles. The van der Waals surface area contributed by atoms with Gasteiger partial charge in [-0.2, -0.15) is 5.26 Å². The third-order valence-corrected chi connectivity index (χ3v) is 3.45. The van der Waals surface area contributed by atoms with Crippen LogP contribution < -0.4 is 10.1 Å². The van der Waals surface area contributed by atoms with Crippen LogP contribution in [0.2, 0.25) is 0 Å². The number of ether oxygens (including phenoxy) is 1. The molecule has 6 heteroatoms. The number of nitriles is 1. The van der Waals surface area contributed by atoms with Gasteiger partial charge >= 0.3 is 0 Å². The molecule has 0 aliphatic heterocycles. The van der Waals surface area contributed by atoms with Gasteiger partial charge in [0.2, 0.25) is 0 Å². The summed E-state index contributed by atoms with van der Waals surface area (Å²) in [5.41, 5.74) is 0.900. The molecule has 0 aliphatic rings. The van der Waals surface area contributed by atoms with Gasteiger partial charge in [0.25, 0.3) is 5.91 Å². The molecular weight excluding hydrogens is 363 g/mol. The highest BCUT2D eigenvalue weighted by Gasteiger charge is 2.11. The van der Waals surface area contributed by atoms with Crippen LogP contribution in [0.25, 0.3) is 6.08 Å². The van der Waals surface area contributed by atoms with Gasteiger partial charge in [-0.1, -0.05) is 15.9 Å². The lowest BCUT2D eigenvalue weighted by atomic mass is 10.1. The predicted molar refractivity (Wildman–Crippen MR) is 89.3 cm³/mol. The lowest BCUT2D eigenvalue weighted by molar-refractivity contribution is -0.112. The number of nitrogens with zero attached hydrogens (tertiary/aromatic N) is 1. The van der Waals surface area contributed by atoms with E-state index in [0.29, 0.717) is 17.0 Å². The minimum atomic E-state index is -0.582. The number of methoxy groups -OCH3 is 1. The van der Waals surface area contributed by atoms with Gasteiger partial charge in [-0.15, -0.1) is 0 Å². The number of rotatable bonds is 4. The molecule has 2 rings (SSSR count). The molecule has 0 radical (unpaired) electrons. The van der Waals surface area contributed by atoms with Gasteiger partial charge in [0.1, 0.15) is 23.2 Å². The number of carbonyl (C=O) groups is 1. The Labute approximate surface area is 141 Å². The highest BCUT2D eigenvalue weighted by atomic mass is 79.9. The Morgan fingerprint density at radius 1 is 1.30 bits per heavy atom. The summed E-state index contributed by atoms with van der Waals surface area (Å²) >= 11 is 3.33. The molecule has 0 unspecified atom stereocenters.